The van der Waals surface area contributed by atoms with Crippen molar-refractivity contribution in [3.63, 3.8) is 0 Å². The first-order valence-corrected chi connectivity index (χ1v) is 12.0. The van der Waals surface area contributed by atoms with Gasteiger partial charge in [-0.25, -0.2) is 0 Å². The maximum absolute atomic E-state index is 2.48. The lowest BCUT2D eigenvalue weighted by Crippen LogP contribution is -2.33. The predicted octanol–water partition coefficient (Wildman–Crippen LogP) is 7.81. The van der Waals surface area contributed by atoms with Crippen molar-refractivity contribution in [3.8, 4) is 11.1 Å². The first-order chi connectivity index (χ1) is 15.2. The van der Waals surface area contributed by atoms with Gasteiger partial charge in [-0.3, -0.25) is 0 Å². The van der Waals surface area contributed by atoms with E-state index in [2.05, 4.69) is 122 Å². The highest BCUT2D eigenvalue weighted by Gasteiger charge is 2.33. The van der Waals surface area contributed by atoms with Gasteiger partial charge in [-0.15, -0.1) is 0 Å². The normalized spacial score (nSPS) is 13.3. The molecule has 1 aliphatic rings. The monoisotopic (exact) mass is 419 g/mol. The summed E-state index contributed by atoms with van der Waals surface area (Å²) in [6, 6.07) is 22.1. The Kier molecular flexibility index (Phi) is 6.21. The Hall–Kier alpha value is -2.54. The third kappa shape index (κ3) is 4.35. The predicted molar refractivity (Wildman–Crippen MR) is 143 cm³/mol. The number of fused-ring (bicyclic) bond motifs is 3. The van der Waals surface area contributed by atoms with Crippen LogP contribution < -0.4 is 5.46 Å². The van der Waals surface area contributed by atoms with E-state index >= 15 is 0 Å². The van der Waals surface area contributed by atoms with E-state index in [1.54, 1.807) is 0 Å². The van der Waals surface area contributed by atoms with Gasteiger partial charge in [0, 0.05) is 0 Å². The molecule has 0 saturated heterocycles. The minimum Gasteiger partial charge on any atom is -0.0798 e. The summed E-state index contributed by atoms with van der Waals surface area (Å²) in [5.74, 6) is 0. The first-order valence-electron chi connectivity index (χ1n) is 12.0. The van der Waals surface area contributed by atoms with Crippen LogP contribution in [0.2, 0.25) is 6.32 Å². The molecule has 0 bridgehead atoms. The molecule has 0 amide bonds. The van der Waals surface area contributed by atoms with Gasteiger partial charge in [0.2, 0.25) is 0 Å². The fourth-order valence-electron chi connectivity index (χ4n) is 4.60. The van der Waals surface area contributed by atoms with Crippen LogP contribution in [0.15, 0.2) is 60.7 Å². The summed E-state index contributed by atoms with van der Waals surface area (Å²) >= 11 is 0. The Morgan fingerprint density at radius 2 is 1.59 bits per heavy atom. The zero-order chi connectivity index (χ0) is 22.9. The third-order valence-corrected chi connectivity index (χ3v) is 7.76. The van der Waals surface area contributed by atoms with Crippen LogP contribution in [-0.4, -0.2) is 7.28 Å². The van der Waals surface area contributed by atoms with Crippen LogP contribution in [0.3, 0.4) is 0 Å². The number of benzene rings is 3. The van der Waals surface area contributed by atoms with E-state index in [1.807, 2.05) is 0 Å². The molecule has 0 nitrogen and oxygen atoms in total. The van der Waals surface area contributed by atoms with Gasteiger partial charge in [-0.2, -0.15) is 0 Å². The standard InChI is InChI=1S/C31H36B/c1-7-25-23(17-16-22-12-9-8-10-13-22)18-19-26-27(25)20-24-14-11-15-28(29(24)26)32-21-31(5,6)30(2,3)4/h8-19H,7,20-21H2,1-6H3/b17-16+. The van der Waals surface area contributed by atoms with Gasteiger partial charge in [0.1, 0.15) is 0 Å². The van der Waals surface area contributed by atoms with Gasteiger partial charge in [0.05, 0.1) is 0 Å². The van der Waals surface area contributed by atoms with Crippen molar-refractivity contribution in [2.45, 2.75) is 60.7 Å². The molecule has 0 atom stereocenters. The molecule has 0 unspecified atom stereocenters. The molecule has 0 aromatic heterocycles. The zero-order valence-electron chi connectivity index (χ0n) is 20.6. The van der Waals surface area contributed by atoms with Crippen molar-refractivity contribution >= 4 is 24.9 Å². The molecule has 32 heavy (non-hydrogen) atoms. The fraction of sp³-hybridized carbons (Fsp3) is 0.355. The lowest BCUT2D eigenvalue weighted by atomic mass is 9.52. The summed E-state index contributed by atoms with van der Waals surface area (Å²) in [6.45, 7) is 14.1. The minimum atomic E-state index is 0.248. The second-order valence-electron chi connectivity index (χ2n) is 10.9. The van der Waals surface area contributed by atoms with Crippen molar-refractivity contribution < 1.29 is 0 Å². The molecule has 1 aliphatic carbocycles. The largest absolute Gasteiger partial charge is 0.153 e. The van der Waals surface area contributed by atoms with E-state index in [-0.39, 0.29) is 10.8 Å². The van der Waals surface area contributed by atoms with Gasteiger partial charge >= 0.3 is 0 Å². The van der Waals surface area contributed by atoms with Crippen molar-refractivity contribution in [1.82, 2.24) is 0 Å². The fourth-order valence-corrected chi connectivity index (χ4v) is 4.60. The summed E-state index contributed by atoms with van der Waals surface area (Å²) in [4.78, 5) is 0. The smallest absolute Gasteiger partial charge is 0.0798 e. The molecule has 3 aromatic rings. The molecular weight excluding hydrogens is 383 g/mol. The topological polar surface area (TPSA) is 0 Å². The van der Waals surface area contributed by atoms with E-state index in [0.717, 1.165) is 19.2 Å². The Bertz CT molecular complexity index is 1130. The Morgan fingerprint density at radius 1 is 0.844 bits per heavy atom. The average molecular weight is 419 g/mol. The van der Waals surface area contributed by atoms with E-state index in [4.69, 9.17) is 0 Å². The van der Waals surface area contributed by atoms with Crippen LogP contribution in [0.5, 0.6) is 0 Å². The summed E-state index contributed by atoms with van der Waals surface area (Å²) in [5.41, 5.74) is 11.9. The quantitative estimate of drug-likeness (QED) is 0.221. The van der Waals surface area contributed by atoms with E-state index in [0.29, 0.717) is 0 Å². The van der Waals surface area contributed by atoms with E-state index < -0.39 is 0 Å². The second-order valence-corrected chi connectivity index (χ2v) is 10.9. The maximum Gasteiger partial charge on any atom is 0.153 e. The van der Waals surface area contributed by atoms with Crippen LogP contribution in [0.25, 0.3) is 23.3 Å². The molecule has 163 valence electrons. The van der Waals surface area contributed by atoms with Gasteiger partial charge in [0.25, 0.3) is 0 Å². The number of hydrogen-bond acceptors (Lipinski definition) is 0. The SMILES string of the molecule is CCc1c(/C=C/c2ccccc2)ccc2c1Cc1cccc([B]CC(C)(C)C(C)(C)C)c1-2. The molecule has 0 spiro atoms. The van der Waals surface area contributed by atoms with Gasteiger partial charge in [-0.05, 0) is 62.6 Å². The second kappa shape index (κ2) is 8.78. The lowest BCUT2D eigenvalue weighted by Gasteiger charge is -2.39. The third-order valence-electron chi connectivity index (χ3n) is 7.76. The van der Waals surface area contributed by atoms with Gasteiger partial charge < -0.3 is 0 Å². The summed E-state index contributed by atoms with van der Waals surface area (Å²) < 4.78 is 0. The van der Waals surface area contributed by atoms with Crippen molar-refractivity contribution in [2.75, 3.05) is 0 Å². The van der Waals surface area contributed by atoms with Gasteiger partial charge in [-0.1, -0.05) is 126 Å². The molecule has 0 heterocycles. The molecule has 1 radical (unpaired) electrons. The van der Waals surface area contributed by atoms with Crippen LogP contribution in [0, 0.1) is 10.8 Å². The summed E-state index contributed by atoms with van der Waals surface area (Å²) in [6.07, 6.45) is 7.71. The van der Waals surface area contributed by atoms with Crippen LogP contribution in [0.4, 0.5) is 0 Å². The first kappa shape index (κ1) is 22.7. The molecular formula is C31H36B. The Balaban J connectivity index is 1.68. The minimum absolute atomic E-state index is 0.248. The molecule has 3 aromatic carbocycles. The van der Waals surface area contributed by atoms with Crippen LogP contribution in [0.1, 0.15) is 69.4 Å². The molecule has 0 saturated carbocycles. The average Bonchev–Trinajstić information content (AvgIpc) is 3.15. The highest BCUT2D eigenvalue weighted by atomic mass is 14.3. The molecule has 0 aliphatic heterocycles. The summed E-state index contributed by atoms with van der Waals surface area (Å²) in [5, 5.41) is 0. The van der Waals surface area contributed by atoms with Gasteiger partial charge in [0.15, 0.2) is 7.28 Å². The number of rotatable bonds is 6. The number of hydrogen-bond donors (Lipinski definition) is 0. The molecule has 1 heteroatoms. The summed E-state index contributed by atoms with van der Waals surface area (Å²) in [7, 11) is 2.48. The van der Waals surface area contributed by atoms with Crippen molar-refractivity contribution in [1.29, 1.82) is 0 Å². The molecule has 4 rings (SSSR count). The van der Waals surface area contributed by atoms with Crippen LogP contribution >= 0.6 is 0 Å². The zero-order valence-corrected chi connectivity index (χ0v) is 20.6. The van der Waals surface area contributed by atoms with Crippen molar-refractivity contribution in [3.05, 3.63) is 88.5 Å². The highest BCUT2D eigenvalue weighted by molar-refractivity contribution is 6.56. The maximum atomic E-state index is 2.48. The Morgan fingerprint density at radius 3 is 2.28 bits per heavy atom. The molecule has 0 N–H and O–H groups in total. The lowest BCUT2D eigenvalue weighted by molar-refractivity contribution is 0.157. The van der Waals surface area contributed by atoms with E-state index in [9.17, 15) is 0 Å². The van der Waals surface area contributed by atoms with E-state index in [1.165, 1.54) is 44.4 Å². The van der Waals surface area contributed by atoms with Crippen LogP contribution in [-0.2, 0) is 12.8 Å². The highest BCUT2D eigenvalue weighted by Crippen LogP contribution is 2.42. The Labute approximate surface area is 196 Å². The van der Waals surface area contributed by atoms with Crippen molar-refractivity contribution in [2.24, 2.45) is 10.8 Å². The molecule has 0 fully saturated rings.